The highest BCUT2D eigenvalue weighted by molar-refractivity contribution is 7.18. The molecule has 0 saturated heterocycles. The molecule has 6 nitrogen and oxygen atoms in total. The highest BCUT2D eigenvalue weighted by Gasteiger charge is 2.22. The molecule has 0 saturated carbocycles. The molecule has 0 atom stereocenters. The largest absolute Gasteiger partial charge is 0.438 e. The van der Waals surface area contributed by atoms with Crippen LogP contribution >= 0.6 is 11.3 Å². The number of hydrogen-bond acceptors (Lipinski definition) is 7. The number of ether oxygens (including phenoxy) is 1. The Hall–Kier alpha value is -2.80. The van der Waals surface area contributed by atoms with Gasteiger partial charge in [0.25, 0.3) is 0 Å². The molecule has 7 heteroatoms. The predicted octanol–water partition coefficient (Wildman–Crippen LogP) is 4.33. The van der Waals surface area contributed by atoms with E-state index in [0.29, 0.717) is 17.6 Å². The van der Waals surface area contributed by atoms with Crippen molar-refractivity contribution < 1.29 is 9.26 Å². The lowest BCUT2D eigenvalue weighted by atomic mass is 10.2. The van der Waals surface area contributed by atoms with E-state index in [1.54, 1.807) is 24.6 Å². The van der Waals surface area contributed by atoms with E-state index in [1.165, 1.54) is 16.9 Å². The van der Waals surface area contributed by atoms with E-state index in [1.807, 2.05) is 24.3 Å². The third kappa shape index (κ3) is 2.47. The minimum Gasteiger partial charge on any atom is -0.438 e. The van der Waals surface area contributed by atoms with Gasteiger partial charge in [0.2, 0.25) is 17.6 Å². The third-order valence-electron chi connectivity index (χ3n) is 4.32. The predicted molar refractivity (Wildman–Crippen MR) is 94.0 cm³/mol. The van der Waals surface area contributed by atoms with E-state index < -0.39 is 0 Å². The average Bonchev–Trinajstić information content (AvgIpc) is 3.31. The topological polar surface area (TPSA) is 73.9 Å². The Morgan fingerprint density at radius 2 is 2.00 bits per heavy atom. The van der Waals surface area contributed by atoms with Crippen LogP contribution < -0.4 is 4.74 Å². The van der Waals surface area contributed by atoms with Crippen molar-refractivity contribution in [2.24, 2.45) is 0 Å². The van der Waals surface area contributed by atoms with Crippen molar-refractivity contribution >= 4 is 21.6 Å². The SMILES string of the molecule is Cc1nc(-c2ccc(Oc3ncnc4sc5c(c34)CCC5)cc2)no1. The Labute approximate surface area is 147 Å². The number of hydrogen-bond donors (Lipinski definition) is 0. The maximum absolute atomic E-state index is 6.06. The lowest BCUT2D eigenvalue weighted by Crippen LogP contribution is -1.91. The average molecular weight is 350 g/mol. The van der Waals surface area contributed by atoms with Gasteiger partial charge < -0.3 is 9.26 Å². The zero-order chi connectivity index (χ0) is 16.8. The molecule has 1 aliphatic rings. The van der Waals surface area contributed by atoms with Crippen molar-refractivity contribution in [3.05, 3.63) is 46.9 Å². The van der Waals surface area contributed by atoms with Crippen LogP contribution in [0.1, 0.15) is 22.8 Å². The second kappa shape index (κ2) is 5.63. The summed E-state index contributed by atoms with van der Waals surface area (Å²) < 4.78 is 11.1. The van der Waals surface area contributed by atoms with Crippen molar-refractivity contribution in [2.75, 3.05) is 0 Å². The maximum Gasteiger partial charge on any atom is 0.231 e. The lowest BCUT2D eigenvalue weighted by molar-refractivity contribution is 0.394. The molecule has 4 aromatic rings. The minimum atomic E-state index is 0.546. The molecule has 0 spiro atoms. The Kier molecular flexibility index (Phi) is 3.27. The van der Waals surface area contributed by atoms with Gasteiger partial charge in [-0.25, -0.2) is 9.97 Å². The quantitative estimate of drug-likeness (QED) is 0.547. The van der Waals surface area contributed by atoms with Gasteiger partial charge in [0.05, 0.1) is 5.39 Å². The Balaban J connectivity index is 1.49. The molecule has 1 aromatic carbocycles. The van der Waals surface area contributed by atoms with Crippen LogP contribution in [0.4, 0.5) is 0 Å². The van der Waals surface area contributed by atoms with Crippen molar-refractivity contribution in [2.45, 2.75) is 26.2 Å². The molecule has 1 aliphatic carbocycles. The number of thiophene rings is 1. The summed E-state index contributed by atoms with van der Waals surface area (Å²) in [6.45, 7) is 1.77. The summed E-state index contributed by atoms with van der Waals surface area (Å²) in [6, 6.07) is 7.61. The van der Waals surface area contributed by atoms with Crippen molar-refractivity contribution in [3.63, 3.8) is 0 Å². The molecule has 0 unspecified atom stereocenters. The van der Waals surface area contributed by atoms with Gasteiger partial charge in [-0.1, -0.05) is 5.16 Å². The second-order valence-corrected chi connectivity index (χ2v) is 7.06. The fourth-order valence-corrected chi connectivity index (χ4v) is 4.40. The summed E-state index contributed by atoms with van der Waals surface area (Å²) in [6.07, 6.45) is 4.98. The highest BCUT2D eigenvalue weighted by Crippen LogP contribution is 2.41. The van der Waals surface area contributed by atoms with Gasteiger partial charge in [0.1, 0.15) is 16.9 Å². The van der Waals surface area contributed by atoms with Crippen LogP contribution in [0.15, 0.2) is 35.1 Å². The summed E-state index contributed by atoms with van der Waals surface area (Å²) in [4.78, 5) is 15.4. The van der Waals surface area contributed by atoms with Crippen molar-refractivity contribution in [3.8, 4) is 23.0 Å². The van der Waals surface area contributed by atoms with E-state index in [2.05, 4.69) is 20.1 Å². The monoisotopic (exact) mass is 350 g/mol. The number of benzene rings is 1. The lowest BCUT2D eigenvalue weighted by Gasteiger charge is -2.07. The molecule has 0 N–H and O–H groups in total. The molecular formula is C18H14N4O2S. The number of aromatic nitrogens is 4. The van der Waals surface area contributed by atoms with Crippen LogP contribution in [0, 0.1) is 6.92 Å². The number of rotatable bonds is 3. The first kappa shape index (κ1) is 14.5. The molecular weight excluding hydrogens is 336 g/mol. The molecule has 0 bridgehead atoms. The summed E-state index contributed by atoms with van der Waals surface area (Å²) in [7, 11) is 0. The number of fused-ring (bicyclic) bond motifs is 3. The standard InChI is InChI=1S/C18H14N4O2S/c1-10-21-16(22-24-10)11-5-7-12(8-6-11)23-17-15-13-3-2-4-14(13)25-18(15)20-9-19-17/h5-9H,2-4H2,1H3. The van der Waals surface area contributed by atoms with Crippen LogP contribution in [0.3, 0.4) is 0 Å². The van der Waals surface area contributed by atoms with Crippen molar-refractivity contribution in [1.82, 2.24) is 20.1 Å². The van der Waals surface area contributed by atoms with Gasteiger partial charge >= 0.3 is 0 Å². The Morgan fingerprint density at radius 1 is 1.12 bits per heavy atom. The smallest absolute Gasteiger partial charge is 0.231 e. The minimum absolute atomic E-state index is 0.546. The maximum atomic E-state index is 6.06. The molecule has 3 aromatic heterocycles. The molecule has 0 fully saturated rings. The molecule has 5 rings (SSSR count). The molecule has 25 heavy (non-hydrogen) atoms. The highest BCUT2D eigenvalue weighted by atomic mass is 32.1. The van der Waals surface area contributed by atoms with Crippen LogP contribution in [0.25, 0.3) is 21.6 Å². The van der Waals surface area contributed by atoms with E-state index in [9.17, 15) is 0 Å². The van der Waals surface area contributed by atoms with Gasteiger partial charge in [-0.3, -0.25) is 0 Å². The fraction of sp³-hybridized carbons (Fsp3) is 0.222. The summed E-state index contributed by atoms with van der Waals surface area (Å²) in [5, 5.41) is 4.99. The molecule has 3 heterocycles. The van der Waals surface area contributed by atoms with Crippen LogP contribution in [-0.4, -0.2) is 20.1 Å². The van der Waals surface area contributed by atoms with E-state index in [0.717, 1.165) is 34.4 Å². The van der Waals surface area contributed by atoms with Crippen LogP contribution in [0.2, 0.25) is 0 Å². The first-order valence-electron chi connectivity index (χ1n) is 8.12. The first-order valence-corrected chi connectivity index (χ1v) is 8.93. The van der Waals surface area contributed by atoms with Gasteiger partial charge in [-0.15, -0.1) is 11.3 Å². The van der Waals surface area contributed by atoms with Crippen molar-refractivity contribution in [1.29, 1.82) is 0 Å². The summed E-state index contributed by atoms with van der Waals surface area (Å²) in [5.41, 5.74) is 2.24. The molecule has 0 radical (unpaired) electrons. The first-order chi connectivity index (χ1) is 12.3. The zero-order valence-corrected chi connectivity index (χ0v) is 14.3. The fourth-order valence-electron chi connectivity index (χ4n) is 3.18. The third-order valence-corrected chi connectivity index (χ3v) is 5.52. The van der Waals surface area contributed by atoms with E-state index in [-0.39, 0.29) is 0 Å². The molecule has 124 valence electrons. The van der Waals surface area contributed by atoms with Gasteiger partial charge in [-0.2, -0.15) is 4.98 Å². The van der Waals surface area contributed by atoms with Gasteiger partial charge in [-0.05, 0) is 49.1 Å². The normalized spacial score (nSPS) is 13.3. The zero-order valence-electron chi connectivity index (χ0n) is 13.5. The van der Waals surface area contributed by atoms with Gasteiger partial charge in [0, 0.05) is 17.4 Å². The summed E-state index contributed by atoms with van der Waals surface area (Å²) >= 11 is 1.76. The second-order valence-electron chi connectivity index (χ2n) is 5.98. The number of nitrogens with zero attached hydrogens (tertiary/aromatic N) is 4. The molecule has 0 aliphatic heterocycles. The Bertz CT molecular complexity index is 1070. The van der Waals surface area contributed by atoms with Crippen LogP contribution in [0.5, 0.6) is 11.6 Å². The number of aryl methyl sites for hydroxylation is 3. The van der Waals surface area contributed by atoms with E-state index >= 15 is 0 Å². The van der Waals surface area contributed by atoms with Gasteiger partial charge in [0.15, 0.2) is 0 Å². The summed E-state index contributed by atoms with van der Waals surface area (Å²) in [5.74, 6) is 2.48. The van der Waals surface area contributed by atoms with Crippen LogP contribution in [-0.2, 0) is 12.8 Å². The van der Waals surface area contributed by atoms with E-state index in [4.69, 9.17) is 9.26 Å². The molecule has 0 amide bonds. The Morgan fingerprint density at radius 3 is 2.80 bits per heavy atom.